The maximum atomic E-state index is 11.7. The molecule has 1 heterocycles. The highest BCUT2D eigenvalue weighted by atomic mass is 32.2. The van der Waals surface area contributed by atoms with Gasteiger partial charge in [0.1, 0.15) is 5.60 Å². The predicted molar refractivity (Wildman–Crippen MR) is 56.9 cm³/mol. The van der Waals surface area contributed by atoms with E-state index in [0.29, 0.717) is 0 Å². The highest BCUT2D eigenvalue weighted by molar-refractivity contribution is 7.99. The van der Waals surface area contributed by atoms with E-state index in [0.717, 1.165) is 18.2 Å². The summed E-state index contributed by atoms with van der Waals surface area (Å²) in [7, 11) is 0. The van der Waals surface area contributed by atoms with Crippen LogP contribution in [0.25, 0.3) is 0 Å². The molecule has 1 rings (SSSR count). The Balaban J connectivity index is 2.52. The normalized spacial score (nSPS) is 22.6. The van der Waals surface area contributed by atoms with Gasteiger partial charge in [-0.15, -0.1) is 11.8 Å². The molecule has 0 saturated carbocycles. The number of ether oxygens (including phenoxy) is 1. The Hall–Kier alpha value is -0.420. The number of thioether (sulfide) groups is 1. The lowest BCUT2D eigenvalue weighted by atomic mass is 10.2. The van der Waals surface area contributed by atoms with E-state index in [1.165, 1.54) is 0 Å². The molecule has 0 aromatic rings. The molecular formula is C9H19N2O2S+. The maximum Gasteiger partial charge on any atom is 0.411 e. The summed E-state index contributed by atoms with van der Waals surface area (Å²) in [5.74, 6) is 1.71. The van der Waals surface area contributed by atoms with Crippen LogP contribution in [0.15, 0.2) is 0 Å². The second-order valence-electron chi connectivity index (χ2n) is 4.39. The first-order valence-electron chi connectivity index (χ1n) is 4.80. The minimum Gasteiger partial charge on any atom is -0.444 e. The second kappa shape index (κ2) is 4.40. The molecule has 0 aromatic heterocycles. The number of hydrogen-bond donors (Lipinski definition) is 1. The fourth-order valence-electron chi connectivity index (χ4n) is 1.24. The van der Waals surface area contributed by atoms with Gasteiger partial charge >= 0.3 is 6.09 Å². The van der Waals surface area contributed by atoms with Crippen LogP contribution < -0.4 is 5.73 Å². The molecule has 1 aliphatic heterocycles. The molecule has 0 aliphatic carbocycles. The minimum absolute atomic E-state index is 0.212. The van der Waals surface area contributed by atoms with Crippen LogP contribution in [0.4, 0.5) is 4.79 Å². The van der Waals surface area contributed by atoms with Gasteiger partial charge in [-0.2, -0.15) is 0 Å². The van der Waals surface area contributed by atoms with Crippen molar-refractivity contribution in [1.82, 2.24) is 4.90 Å². The van der Waals surface area contributed by atoms with E-state index in [1.54, 1.807) is 16.7 Å². The summed E-state index contributed by atoms with van der Waals surface area (Å²) in [5, 5.41) is 0. The smallest absolute Gasteiger partial charge is 0.411 e. The quantitative estimate of drug-likeness (QED) is 0.700. The molecule has 82 valence electrons. The zero-order valence-electron chi connectivity index (χ0n) is 9.08. The van der Waals surface area contributed by atoms with E-state index in [-0.39, 0.29) is 12.1 Å². The average Bonchev–Trinajstić information content (AvgIpc) is 2.47. The van der Waals surface area contributed by atoms with Gasteiger partial charge in [0.15, 0.2) is 0 Å². The average molecular weight is 219 g/mol. The van der Waals surface area contributed by atoms with Crippen LogP contribution in [0.5, 0.6) is 0 Å². The van der Waals surface area contributed by atoms with Crippen LogP contribution in [0.1, 0.15) is 20.8 Å². The molecule has 1 aliphatic rings. The van der Waals surface area contributed by atoms with Gasteiger partial charge in [-0.25, -0.2) is 4.79 Å². The molecule has 0 unspecified atom stereocenters. The first kappa shape index (κ1) is 11.7. The molecule has 0 bridgehead atoms. The summed E-state index contributed by atoms with van der Waals surface area (Å²) in [6.45, 7) is 6.40. The minimum atomic E-state index is -0.407. The van der Waals surface area contributed by atoms with Gasteiger partial charge < -0.3 is 10.5 Å². The van der Waals surface area contributed by atoms with E-state index in [1.807, 2.05) is 20.8 Å². The first-order valence-corrected chi connectivity index (χ1v) is 5.96. The number of carbonyl (C=O) groups excluding carboxylic acids is 1. The highest BCUT2D eigenvalue weighted by Crippen LogP contribution is 2.22. The zero-order valence-corrected chi connectivity index (χ0v) is 9.89. The lowest BCUT2D eigenvalue weighted by Crippen LogP contribution is -2.60. The molecule has 1 amide bonds. The van der Waals surface area contributed by atoms with Crippen molar-refractivity contribution in [3.8, 4) is 0 Å². The lowest BCUT2D eigenvalue weighted by molar-refractivity contribution is -0.375. The highest BCUT2D eigenvalue weighted by Gasteiger charge is 2.32. The van der Waals surface area contributed by atoms with E-state index in [2.05, 4.69) is 5.73 Å². The van der Waals surface area contributed by atoms with Crippen LogP contribution in [-0.2, 0) is 4.74 Å². The molecular weight excluding hydrogens is 200 g/mol. The Bertz CT molecular complexity index is 215. The molecule has 14 heavy (non-hydrogen) atoms. The molecule has 0 aromatic carbocycles. The standard InChI is InChI=1S/C9H18N2O2S/c1-9(2,3)13-8(12)11-6-14-5-7(11)4-10/h7H,4-6,10H2,1-3H3/p+1/t7-/m1/s1. The topological polar surface area (TPSA) is 57.2 Å². The van der Waals surface area contributed by atoms with Crippen LogP contribution in [0.3, 0.4) is 0 Å². The SMILES string of the molecule is CC(C)(C)OC(=O)N1CSC[C@H]1C[NH3+]. The molecule has 0 radical (unpaired) electrons. The number of rotatable bonds is 1. The predicted octanol–water partition coefficient (Wildman–Crippen LogP) is 0.538. The van der Waals surface area contributed by atoms with Gasteiger partial charge in [0.05, 0.1) is 18.5 Å². The third-order valence-corrected chi connectivity index (χ3v) is 3.02. The van der Waals surface area contributed by atoms with Crippen molar-refractivity contribution < 1.29 is 15.3 Å². The molecule has 5 heteroatoms. The molecule has 0 spiro atoms. The summed E-state index contributed by atoms with van der Waals surface area (Å²) < 4.78 is 5.30. The van der Waals surface area contributed by atoms with Crippen LogP contribution in [-0.4, -0.2) is 40.8 Å². The molecule has 1 saturated heterocycles. The number of amides is 1. The maximum absolute atomic E-state index is 11.7. The fraction of sp³-hybridized carbons (Fsp3) is 0.889. The van der Waals surface area contributed by atoms with Crippen molar-refractivity contribution in [2.24, 2.45) is 0 Å². The number of nitrogens with zero attached hydrogens (tertiary/aromatic N) is 1. The van der Waals surface area contributed by atoms with Gasteiger partial charge in [0.25, 0.3) is 0 Å². The molecule has 3 N–H and O–H groups in total. The first-order chi connectivity index (χ1) is 6.44. The summed E-state index contributed by atoms with van der Waals surface area (Å²) in [5.41, 5.74) is 3.43. The van der Waals surface area contributed by atoms with Crippen molar-refractivity contribution in [2.45, 2.75) is 32.4 Å². The van der Waals surface area contributed by atoms with Gasteiger partial charge in [-0.05, 0) is 20.8 Å². The number of quaternary nitrogens is 1. The molecule has 1 fully saturated rings. The summed E-state index contributed by atoms with van der Waals surface area (Å²) in [6.07, 6.45) is -0.212. The lowest BCUT2D eigenvalue weighted by Gasteiger charge is -2.26. The van der Waals surface area contributed by atoms with E-state index in [9.17, 15) is 4.79 Å². The Labute approximate surface area is 89.2 Å². The summed E-state index contributed by atoms with van der Waals surface area (Å²) in [6, 6.07) is 0.245. The fourth-order valence-corrected chi connectivity index (χ4v) is 2.48. The van der Waals surface area contributed by atoms with Crippen LogP contribution >= 0.6 is 11.8 Å². The zero-order chi connectivity index (χ0) is 10.8. The van der Waals surface area contributed by atoms with E-state index in [4.69, 9.17) is 4.74 Å². The van der Waals surface area contributed by atoms with Crippen molar-refractivity contribution in [1.29, 1.82) is 0 Å². The van der Waals surface area contributed by atoms with E-state index >= 15 is 0 Å². The van der Waals surface area contributed by atoms with Crippen molar-refractivity contribution >= 4 is 17.9 Å². The molecule has 4 nitrogen and oxygen atoms in total. The van der Waals surface area contributed by atoms with Gasteiger partial charge in [-0.1, -0.05) is 0 Å². The van der Waals surface area contributed by atoms with E-state index < -0.39 is 5.60 Å². The monoisotopic (exact) mass is 219 g/mol. The molecule has 1 atom stereocenters. The summed E-state index contributed by atoms with van der Waals surface area (Å²) >= 11 is 1.75. The van der Waals surface area contributed by atoms with Crippen molar-refractivity contribution in [2.75, 3.05) is 18.2 Å². The van der Waals surface area contributed by atoms with Crippen molar-refractivity contribution in [3.05, 3.63) is 0 Å². The van der Waals surface area contributed by atoms with Crippen LogP contribution in [0, 0.1) is 0 Å². The Kier molecular flexibility index (Phi) is 3.66. The summed E-state index contributed by atoms with van der Waals surface area (Å²) in [4.78, 5) is 13.5. The number of hydrogen-bond acceptors (Lipinski definition) is 3. The third kappa shape index (κ3) is 3.06. The second-order valence-corrected chi connectivity index (χ2v) is 5.39. The largest absolute Gasteiger partial charge is 0.444 e. The van der Waals surface area contributed by atoms with Gasteiger partial charge in [-0.3, -0.25) is 4.90 Å². The van der Waals surface area contributed by atoms with Crippen molar-refractivity contribution in [3.63, 3.8) is 0 Å². The number of carbonyl (C=O) groups is 1. The third-order valence-electron chi connectivity index (χ3n) is 1.94. The van der Waals surface area contributed by atoms with Gasteiger partial charge in [0.2, 0.25) is 0 Å². The Morgan fingerprint density at radius 2 is 2.29 bits per heavy atom. The Morgan fingerprint density at radius 3 is 2.79 bits per heavy atom. The van der Waals surface area contributed by atoms with Crippen LogP contribution in [0.2, 0.25) is 0 Å². The van der Waals surface area contributed by atoms with Gasteiger partial charge in [0, 0.05) is 5.75 Å². The Morgan fingerprint density at radius 1 is 1.64 bits per heavy atom.